The average molecular weight is 363 g/mol. The molecule has 0 bridgehead atoms. The predicted octanol–water partition coefficient (Wildman–Crippen LogP) is 3.52. The lowest BCUT2D eigenvalue weighted by Gasteiger charge is -2.41. The molecule has 3 unspecified atom stereocenters. The summed E-state index contributed by atoms with van der Waals surface area (Å²) in [6, 6.07) is 7.78. The third-order valence-corrected chi connectivity index (χ3v) is 5.61. The van der Waals surface area contributed by atoms with Crippen LogP contribution in [0.5, 0.6) is 5.75 Å². The van der Waals surface area contributed by atoms with Crippen molar-refractivity contribution in [3.05, 3.63) is 29.8 Å². The maximum Gasteiger partial charge on any atom is 0.309 e. The molecule has 26 heavy (non-hydrogen) atoms. The van der Waals surface area contributed by atoms with Gasteiger partial charge in [-0.3, -0.25) is 4.79 Å². The molecule has 5 nitrogen and oxygen atoms in total. The monoisotopic (exact) mass is 363 g/mol. The first-order valence-corrected chi connectivity index (χ1v) is 9.59. The van der Waals surface area contributed by atoms with E-state index in [1.54, 1.807) is 13.8 Å². The quantitative estimate of drug-likeness (QED) is 0.740. The molecular weight excluding hydrogens is 330 g/mol. The molecule has 0 radical (unpaired) electrons. The van der Waals surface area contributed by atoms with E-state index in [9.17, 15) is 9.90 Å². The summed E-state index contributed by atoms with van der Waals surface area (Å²) in [4.78, 5) is 13.2. The summed E-state index contributed by atoms with van der Waals surface area (Å²) in [6.07, 6.45) is 4.63. The van der Waals surface area contributed by atoms with E-state index in [-0.39, 0.29) is 5.92 Å². The summed E-state index contributed by atoms with van der Waals surface area (Å²) < 4.78 is 5.77. The van der Waals surface area contributed by atoms with Gasteiger partial charge in [-0.15, -0.1) is 0 Å². The van der Waals surface area contributed by atoms with E-state index in [2.05, 4.69) is 4.90 Å². The Hall–Kier alpha value is -1.59. The second kappa shape index (κ2) is 8.87. The van der Waals surface area contributed by atoms with Gasteiger partial charge >= 0.3 is 5.97 Å². The van der Waals surface area contributed by atoms with Crippen LogP contribution in [-0.4, -0.2) is 53.4 Å². The first kappa shape index (κ1) is 20.7. The zero-order valence-corrected chi connectivity index (χ0v) is 16.4. The van der Waals surface area contributed by atoms with Gasteiger partial charge < -0.3 is 19.8 Å². The fourth-order valence-corrected chi connectivity index (χ4v) is 3.76. The molecule has 2 N–H and O–H groups in total. The van der Waals surface area contributed by atoms with Gasteiger partial charge in [0.25, 0.3) is 0 Å². The minimum absolute atomic E-state index is 0.0576. The number of ether oxygens (including phenoxy) is 1. The van der Waals surface area contributed by atoms with Crippen LogP contribution in [0.25, 0.3) is 0 Å². The maximum absolute atomic E-state index is 11.3. The van der Waals surface area contributed by atoms with E-state index in [1.165, 1.54) is 6.42 Å². The van der Waals surface area contributed by atoms with Crippen molar-refractivity contribution in [2.45, 2.75) is 63.6 Å². The Labute approximate surface area is 157 Å². The van der Waals surface area contributed by atoms with Crippen molar-refractivity contribution in [2.75, 3.05) is 20.6 Å². The Morgan fingerprint density at radius 3 is 2.23 bits per heavy atom. The number of carboxylic acids is 1. The van der Waals surface area contributed by atoms with Crippen LogP contribution in [0.15, 0.2) is 24.3 Å². The lowest BCUT2D eigenvalue weighted by Crippen LogP contribution is -2.42. The van der Waals surface area contributed by atoms with E-state index in [4.69, 9.17) is 9.84 Å². The summed E-state index contributed by atoms with van der Waals surface area (Å²) in [7, 11) is 4.07. The summed E-state index contributed by atoms with van der Waals surface area (Å²) in [5, 5.41) is 20.4. The van der Waals surface area contributed by atoms with E-state index in [0.29, 0.717) is 5.75 Å². The molecule has 0 spiro atoms. The van der Waals surface area contributed by atoms with Crippen LogP contribution < -0.4 is 4.74 Å². The van der Waals surface area contributed by atoms with Crippen molar-refractivity contribution in [1.82, 2.24) is 4.90 Å². The van der Waals surface area contributed by atoms with Crippen molar-refractivity contribution < 1.29 is 19.7 Å². The Morgan fingerprint density at radius 2 is 1.73 bits per heavy atom. The van der Waals surface area contributed by atoms with Crippen molar-refractivity contribution in [2.24, 2.45) is 5.92 Å². The van der Waals surface area contributed by atoms with Crippen LogP contribution in [0.4, 0.5) is 0 Å². The highest BCUT2D eigenvalue weighted by atomic mass is 16.5. The highest BCUT2D eigenvalue weighted by Gasteiger charge is 2.38. The molecule has 1 aliphatic rings. The molecule has 0 aromatic heterocycles. The number of carboxylic acid groups (broad SMARTS) is 1. The van der Waals surface area contributed by atoms with Crippen LogP contribution in [0, 0.1) is 5.92 Å². The highest BCUT2D eigenvalue weighted by Crippen LogP contribution is 2.40. The number of hydrogen-bond acceptors (Lipinski definition) is 4. The average Bonchev–Trinajstić information content (AvgIpc) is 2.60. The van der Waals surface area contributed by atoms with Crippen LogP contribution in [-0.2, 0) is 4.79 Å². The van der Waals surface area contributed by atoms with Crippen LogP contribution in [0.3, 0.4) is 0 Å². The summed E-state index contributed by atoms with van der Waals surface area (Å²) in [6.45, 7) is 4.21. The third kappa shape index (κ3) is 5.21. The standard InChI is InChI=1S/C21H33NO4/c1-15(20(23)24)16(2)26-18-10-8-17(9-11-18)19(14-22(3)4)21(25)12-6-5-7-13-21/h8-11,15-16,19,25H,5-7,12-14H2,1-4H3,(H,23,24). The molecule has 0 aliphatic heterocycles. The van der Waals surface area contributed by atoms with Gasteiger partial charge in [0.2, 0.25) is 0 Å². The molecule has 146 valence electrons. The van der Waals surface area contributed by atoms with Gasteiger partial charge in [-0.05, 0) is 58.5 Å². The zero-order chi connectivity index (χ0) is 19.3. The van der Waals surface area contributed by atoms with Gasteiger partial charge in [0.15, 0.2) is 0 Å². The number of aliphatic hydroxyl groups is 1. The normalized spacial score (nSPS) is 20.4. The smallest absolute Gasteiger partial charge is 0.309 e. The van der Waals surface area contributed by atoms with Crippen molar-refractivity contribution in [3.8, 4) is 5.75 Å². The summed E-state index contributed by atoms with van der Waals surface area (Å²) >= 11 is 0. The third-order valence-electron chi connectivity index (χ3n) is 5.61. The lowest BCUT2D eigenvalue weighted by atomic mass is 9.72. The fourth-order valence-electron chi connectivity index (χ4n) is 3.76. The Kier molecular flexibility index (Phi) is 7.07. The van der Waals surface area contributed by atoms with E-state index < -0.39 is 23.6 Å². The van der Waals surface area contributed by atoms with Crippen molar-refractivity contribution >= 4 is 5.97 Å². The number of nitrogens with zero attached hydrogens (tertiary/aromatic N) is 1. The first-order valence-electron chi connectivity index (χ1n) is 9.59. The van der Waals surface area contributed by atoms with Gasteiger partial charge in [0.1, 0.15) is 11.9 Å². The molecular formula is C21H33NO4. The Bertz CT molecular complexity index is 578. The second-order valence-electron chi connectivity index (χ2n) is 8.00. The highest BCUT2D eigenvalue weighted by molar-refractivity contribution is 5.70. The second-order valence-corrected chi connectivity index (χ2v) is 8.00. The molecule has 1 aromatic rings. The number of benzene rings is 1. The Balaban J connectivity index is 2.15. The molecule has 0 saturated heterocycles. The number of likely N-dealkylation sites (N-methyl/N-ethyl adjacent to an activating group) is 1. The van der Waals surface area contributed by atoms with Gasteiger partial charge in [-0.1, -0.05) is 31.4 Å². The minimum atomic E-state index is -0.861. The maximum atomic E-state index is 11.3. The Morgan fingerprint density at radius 1 is 1.15 bits per heavy atom. The minimum Gasteiger partial charge on any atom is -0.490 e. The van der Waals surface area contributed by atoms with Gasteiger partial charge in [-0.2, -0.15) is 0 Å². The van der Waals surface area contributed by atoms with Gasteiger partial charge in [0, 0.05) is 12.5 Å². The van der Waals surface area contributed by atoms with Gasteiger partial charge in [-0.25, -0.2) is 0 Å². The molecule has 1 aromatic carbocycles. The molecule has 2 rings (SSSR count). The molecule has 0 heterocycles. The van der Waals surface area contributed by atoms with Crippen LogP contribution in [0.1, 0.15) is 57.4 Å². The zero-order valence-electron chi connectivity index (χ0n) is 16.4. The molecule has 1 saturated carbocycles. The van der Waals surface area contributed by atoms with Crippen molar-refractivity contribution in [1.29, 1.82) is 0 Å². The number of rotatable bonds is 8. The largest absolute Gasteiger partial charge is 0.490 e. The summed E-state index contributed by atoms with van der Waals surface area (Å²) in [5.74, 6) is -0.713. The number of hydrogen-bond donors (Lipinski definition) is 2. The van der Waals surface area contributed by atoms with E-state index in [1.807, 2.05) is 38.4 Å². The number of carbonyl (C=O) groups is 1. The topological polar surface area (TPSA) is 70.0 Å². The van der Waals surface area contributed by atoms with E-state index >= 15 is 0 Å². The molecule has 0 amide bonds. The molecule has 1 fully saturated rings. The van der Waals surface area contributed by atoms with E-state index in [0.717, 1.165) is 37.8 Å². The van der Waals surface area contributed by atoms with Crippen LogP contribution >= 0.6 is 0 Å². The molecule has 5 heteroatoms. The van der Waals surface area contributed by atoms with Crippen molar-refractivity contribution in [3.63, 3.8) is 0 Å². The fraction of sp³-hybridized carbons (Fsp3) is 0.667. The summed E-state index contributed by atoms with van der Waals surface area (Å²) in [5.41, 5.74) is 0.449. The van der Waals surface area contributed by atoms with Crippen LogP contribution in [0.2, 0.25) is 0 Å². The predicted molar refractivity (Wildman–Crippen MR) is 103 cm³/mol. The number of aliphatic carboxylic acids is 1. The molecule has 3 atom stereocenters. The van der Waals surface area contributed by atoms with Gasteiger partial charge in [0.05, 0.1) is 11.5 Å². The first-order chi connectivity index (χ1) is 12.2. The lowest BCUT2D eigenvalue weighted by molar-refractivity contribution is -0.143. The SMILES string of the molecule is CC(Oc1ccc(C(CN(C)C)C2(O)CCCCC2)cc1)C(C)C(=O)O. The molecule has 1 aliphatic carbocycles.